The third-order valence-corrected chi connectivity index (χ3v) is 6.12. The molecule has 1 aliphatic heterocycles. The number of hydrogen-bond donors (Lipinski definition) is 1. The van der Waals surface area contributed by atoms with E-state index < -0.39 is 5.97 Å². The molecule has 0 saturated carbocycles. The van der Waals surface area contributed by atoms with Gasteiger partial charge < -0.3 is 19.1 Å². The van der Waals surface area contributed by atoms with E-state index in [4.69, 9.17) is 21.1 Å². The van der Waals surface area contributed by atoms with E-state index in [0.717, 1.165) is 23.5 Å². The Bertz CT molecular complexity index is 1070. The fourth-order valence-corrected chi connectivity index (χ4v) is 4.42. The maximum atomic E-state index is 12.6. The van der Waals surface area contributed by atoms with Gasteiger partial charge in [-0.25, -0.2) is 9.79 Å². The van der Waals surface area contributed by atoms with Gasteiger partial charge in [-0.1, -0.05) is 23.4 Å². The Morgan fingerprint density at radius 1 is 1.29 bits per heavy atom. The Balaban J connectivity index is 2.02. The molecule has 0 spiro atoms. The summed E-state index contributed by atoms with van der Waals surface area (Å²) in [6.45, 7) is 7.32. The summed E-state index contributed by atoms with van der Waals surface area (Å²) in [5.74, 6) is -0.730. The smallest absolute Gasteiger partial charge is 0.344 e. The van der Waals surface area contributed by atoms with E-state index in [1.165, 1.54) is 11.8 Å². The predicted molar refractivity (Wildman–Crippen MR) is 126 cm³/mol. The van der Waals surface area contributed by atoms with Gasteiger partial charge in [0.05, 0.1) is 23.8 Å². The highest BCUT2D eigenvalue weighted by molar-refractivity contribution is 8.18. The van der Waals surface area contributed by atoms with E-state index in [0.29, 0.717) is 27.3 Å². The molecule has 0 aliphatic carbocycles. The average molecular weight is 461 g/mol. The Hall–Kier alpha value is -2.48. The minimum absolute atomic E-state index is 0.0706. The van der Waals surface area contributed by atoms with Crippen molar-refractivity contribution in [3.8, 4) is 0 Å². The maximum absolute atomic E-state index is 12.6. The molecular formula is C23H25ClN2O4S. The molecule has 1 N–H and O–H groups in total. The van der Waals surface area contributed by atoms with Crippen LogP contribution in [0.1, 0.15) is 23.9 Å². The van der Waals surface area contributed by atoms with Crippen molar-refractivity contribution in [1.82, 2.24) is 4.57 Å². The first-order chi connectivity index (χ1) is 14.8. The summed E-state index contributed by atoms with van der Waals surface area (Å²) in [5.41, 5.74) is 3.80. The van der Waals surface area contributed by atoms with Crippen molar-refractivity contribution < 1.29 is 19.4 Å². The van der Waals surface area contributed by atoms with Crippen molar-refractivity contribution in [3.63, 3.8) is 0 Å². The number of halogens is 1. The van der Waals surface area contributed by atoms with Crippen LogP contribution in [0.2, 0.25) is 5.02 Å². The minimum atomic E-state index is -0.603. The molecule has 8 heteroatoms. The Morgan fingerprint density at radius 3 is 2.65 bits per heavy atom. The number of hydrogen-bond acceptors (Lipinski definition) is 6. The van der Waals surface area contributed by atoms with E-state index in [2.05, 4.69) is 9.56 Å². The van der Waals surface area contributed by atoms with Crippen LogP contribution < -0.4 is 0 Å². The molecule has 0 fully saturated rings. The normalized spacial score (nSPS) is 16.5. The average Bonchev–Trinajstić information content (AvgIpc) is 3.18. The molecule has 0 bridgehead atoms. The van der Waals surface area contributed by atoms with Crippen molar-refractivity contribution in [2.45, 2.75) is 27.3 Å². The van der Waals surface area contributed by atoms with Gasteiger partial charge in [0.15, 0.2) is 0 Å². The van der Waals surface area contributed by atoms with Crippen molar-refractivity contribution in [2.24, 2.45) is 4.99 Å². The molecule has 164 valence electrons. The Labute approximate surface area is 191 Å². The fourth-order valence-electron chi connectivity index (χ4n) is 3.27. The van der Waals surface area contributed by atoms with Crippen molar-refractivity contribution >= 4 is 46.1 Å². The number of aliphatic imine (C=N–C) groups is 1. The standard InChI is InChI=1S/C23H25ClN2O4S/c1-5-30-23(28)20-21(27)19(31-22(20)25-18-8-6-17(24)7-9-18)13-16-12-14(2)26(15(16)3)10-11-29-4/h6-9,12-13,27H,5,10-11H2,1-4H3/b19-13-,25-22?. The molecule has 1 aromatic heterocycles. The number of nitrogens with zero attached hydrogens (tertiary/aromatic N) is 2. The number of aliphatic hydroxyl groups is 1. The van der Waals surface area contributed by atoms with Crippen molar-refractivity contribution in [3.05, 3.63) is 68.5 Å². The topological polar surface area (TPSA) is 73.0 Å². The number of thioether (sulfide) groups is 1. The second-order valence-corrected chi connectivity index (χ2v) is 8.39. The van der Waals surface area contributed by atoms with Gasteiger partial charge in [-0.2, -0.15) is 0 Å². The van der Waals surface area contributed by atoms with Crippen LogP contribution in [0.5, 0.6) is 0 Å². The third-order valence-electron chi connectivity index (χ3n) is 4.85. The van der Waals surface area contributed by atoms with Crippen molar-refractivity contribution in [1.29, 1.82) is 0 Å². The summed E-state index contributed by atoms with van der Waals surface area (Å²) >= 11 is 7.19. The zero-order chi connectivity index (χ0) is 22.5. The summed E-state index contributed by atoms with van der Waals surface area (Å²) in [6, 6.07) is 8.99. The number of ether oxygens (including phenoxy) is 2. The number of esters is 1. The molecule has 31 heavy (non-hydrogen) atoms. The second-order valence-electron chi connectivity index (χ2n) is 6.92. The van der Waals surface area contributed by atoms with E-state index in [-0.39, 0.29) is 17.9 Å². The van der Waals surface area contributed by atoms with Crippen LogP contribution in [0.15, 0.2) is 51.6 Å². The molecule has 1 aromatic carbocycles. The molecule has 1 aliphatic rings. The van der Waals surface area contributed by atoms with Gasteiger partial charge in [0.25, 0.3) is 0 Å². The number of aliphatic hydroxyl groups excluding tert-OH is 1. The molecule has 0 unspecified atom stereocenters. The first kappa shape index (κ1) is 23.2. The van der Waals surface area contributed by atoms with E-state index >= 15 is 0 Å². The summed E-state index contributed by atoms with van der Waals surface area (Å²) in [6.07, 6.45) is 1.87. The monoisotopic (exact) mass is 460 g/mol. The number of methoxy groups -OCH3 is 1. The first-order valence-electron chi connectivity index (χ1n) is 9.86. The molecule has 3 rings (SSSR count). The Morgan fingerprint density at radius 2 is 2.00 bits per heavy atom. The number of benzene rings is 1. The largest absolute Gasteiger partial charge is 0.506 e. The molecule has 0 saturated heterocycles. The molecule has 6 nitrogen and oxygen atoms in total. The van der Waals surface area contributed by atoms with Crippen LogP contribution in [0.3, 0.4) is 0 Å². The Kier molecular flexibility index (Phi) is 7.64. The molecule has 0 atom stereocenters. The van der Waals surface area contributed by atoms with Crippen LogP contribution in [0.4, 0.5) is 5.69 Å². The highest BCUT2D eigenvalue weighted by Gasteiger charge is 2.33. The van der Waals surface area contributed by atoms with E-state index in [1.807, 2.05) is 26.0 Å². The predicted octanol–water partition coefficient (Wildman–Crippen LogP) is 5.60. The van der Waals surface area contributed by atoms with Gasteiger partial charge in [0, 0.05) is 30.1 Å². The lowest BCUT2D eigenvalue weighted by molar-refractivity contribution is -0.138. The highest BCUT2D eigenvalue weighted by atomic mass is 35.5. The molecule has 0 amide bonds. The van der Waals surface area contributed by atoms with Gasteiger partial charge >= 0.3 is 5.97 Å². The summed E-state index contributed by atoms with van der Waals surface area (Å²) < 4.78 is 12.5. The van der Waals surface area contributed by atoms with Gasteiger partial charge in [-0.15, -0.1) is 0 Å². The zero-order valence-electron chi connectivity index (χ0n) is 17.9. The lowest BCUT2D eigenvalue weighted by Gasteiger charge is -2.08. The quantitative estimate of drug-likeness (QED) is 0.544. The van der Waals surface area contributed by atoms with E-state index in [9.17, 15) is 9.90 Å². The van der Waals surface area contributed by atoms with Crippen LogP contribution in [0, 0.1) is 13.8 Å². The number of carbonyl (C=O) groups is 1. The number of rotatable bonds is 7. The van der Waals surface area contributed by atoms with E-state index in [1.54, 1.807) is 38.3 Å². The van der Waals surface area contributed by atoms with Crippen LogP contribution in [-0.4, -0.2) is 41.0 Å². The summed E-state index contributed by atoms with van der Waals surface area (Å²) in [4.78, 5) is 17.6. The maximum Gasteiger partial charge on any atom is 0.344 e. The van der Waals surface area contributed by atoms with Crippen LogP contribution in [0.25, 0.3) is 6.08 Å². The summed E-state index contributed by atoms with van der Waals surface area (Å²) in [5, 5.41) is 11.8. The third kappa shape index (κ3) is 5.23. The van der Waals surface area contributed by atoms with Gasteiger partial charge in [0.1, 0.15) is 16.4 Å². The molecule has 2 aromatic rings. The summed E-state index contributed by atoms with van der Waals surface area (Å²) in [7, 11) is 1.67. The van der Waals surface area contributed by atoms with Crippen molar-refractivity contribution in [2.75, 3.05) is 20.3 Å². The van der Waals surface area contributed by atoms with Crippen LogP contribution in [-0.2, 0) is 20.8 Å². The number of aromatic nitrogens is 1. The highest BCUT2D eigenvalue weighted by Crippen LogP contribution is 2.40. The number of carbonyl (C=O) groups excluding carboxylic acids is 1. The molecule has 0 radical (unpaired) electrons. The SMILES string of the molecule is CCOC(=O)C1=C(O)/C(=C/c2cc(C)n(CCOC)c2C)SC1=Nc1ccc(Cl)cc1. The van der Waals surface area contributed by atoms with Gasteiger partial charge in [0.2, 0.25) is 0 Å². The van der Waals surface area contributed by atoms with Gasteiger partial charge in [-0.3, -0.25) is 0 Å². The minimum Gasteiger partial charge on any atom is -0.506 e. The zero-order valence-corrected chi connectivity index (χ0v) is 19.5. The number of aryl methyl sites for hydroxylation is 1. The van der Waals surface area contributed by atoms with Gasteiger partial charge in [-0.05, 0) is 62.7 Å². The molecular weight excluding hydrogens is 436 g/mol. The lowest BCUT2D eigenvalue weighted by Crippen LogP contribution is -2.12. The lowest BCUT2D eigenvalue weighted by atomic mass is 10.2. The first-order valence-corrected chi connectivity index (χ1v) is 11.1. The molecule has 2 heterocycles. The fraction of sp³-hybridized carbons (Fsp3) is 0.304. The van der Waals surface area contributed by atoms with Crippen LogP contribution >= 0.6 is 23.4 Å². The second kappa shape index (κ2) is 10.2.